The molecular formula is C10H15NO3. The normalized spacial score (nSPS) is 12.9. The van der Waals surface area contributed by atoms with Crippen LogP contribution < -0.4 is 0 Å². The van der Waals surface area contributed by atoms with Gasteiger partial charge in [0.25, 0.3) is 0 Å². The molecule has 78 valence electrons. The summed E-state index contributed by atoms with van der Waals surface area (Å²) in [6, 6.07) is 3.44. The van der Waals surface area contributed by atoms with Crippen LogP contribution in [0.3, 0.4) is 0 Å². The van der Waals surface area contributed by atoms with Crippen LogP contribution in [0.15, 0.2) is 22.8 Å². The summed E-state index contributed by atoms with van der Waals surface area (Å²) in [5.74, 6) is 0.599. The van der Waals surface area contributed by atoms with E-state index in [0.29, 0.717) is 6.54 Å². The van der Waals surface area contributed by atoms with Crippen molar-refractivity contribution in [1.82, 2.24) is 4.90 Å². The van der Waals surface area contributed by atoms with Crippen molar-refractivity contribution in [2.24, 2.45) is 0 Å². The van der Waals surface area contributed by atoms with Crippen LogP contribution in [0.2, 0.25) is 0 Å². The maximum absolute atomic E-state index is 11.2. The molecule has 1 aromatic rings. The molecule has 4 heteroatoms. The number of ether oxygens (including phenoxy) is 1. The van der Waals surface area contributed by atoms with Gasteiger partial charge in [-0.15, -0.1) is 0 Å². The van der Waals surface area contributed by atoms with Gasteiger partial charge in [-0.2, -0.15) is 0 Å². The Morgan fingerprint density at radius 3 is 2.93 bits per heavy atom. The molecule has 1 rings (SSSR count). The minimum atomic E-state index is -0.259. The van der Waals surface area contributed by atoms with Gasteiger partial charge in [-0.25, -0.2) is 0 Å². The summed E-state index contributed by atoms with van der Waals surface area (Å²) in [5.41, 5.74) is 0. The Hall–Kier alpha value is -1.29. The number of carbonyl (C=O) groups excluding carboxylic acids is 1. The lowest BCUT2D eigenvalue weighted by molar-refractivity contribution is -0.146. The number of esters is 1. The fourth-order valence-electron chi connectivity index (χ4n) is 1.14. The molecule has 0 radical (unpaired) electrons. The van der Waals surface area contributed by atoms with Gasteiger partial charge in [-0.05, 0) is 26.1 Å². The lowest BCUT2D eigenvalue weighted by Gasteiger charge is -2.20. The Bertz CT molecular complexity index is 282. The number of hydrogen-bond acceptors (Lipinski definition) is 4. The summed E-state index contributed by atoms with van der Waals surface area (Å²) >= 11 is 0. The third-order valence-corrected chi connectivity index (χ3v) is 2.19. The van der Waals surface area contributed by atoms with Crippen LogP contribution in [-0.4, -0.2) is 31.1 Å². The first kappa shape index (κ1) is 10.8. The van der Waals surface area contributed by atoms with Crippen molar-refractivity contribution < 1.29 is 13.9 Å². The van der Waals surface area contributed by atoms with E-state index < -0.39 is 0 Å². The lowest BCUT2D eigenvalue weighted by Crippen LogP contribution is -2.36. The van der Waals surface area contributed by atoms with Crippen LogP contribution in [0, 0.1) is 0 Å². The van der Waals surface area contributed by atoms with E-state index in [0.717, 1.165) is 5.76 Å². The van der Waals surface area contributed by atoms with Gasteiger partial charge >= 0.3 is 5.97 Å². The maximum atomic E-state index is 11.2. The molecule has 0 fully saturated rings. The summed E-state index contributed by atoms with van der Waals surface area (Å²) in [6.45, 7) is 2.40. The second kappa shape index (κ2) is 4.81. The van der Waals surface area contributed by atoms with Crippen molar-refractivity contribution in [2.75, 3.05) is 14.2 Å². The predicted octanol–water partition coefficient (Wildman–Crippen LogP) is 1.27. The molecule has 1 unspecified atom stereocenters. The topological polar surface area (TPSA) is 42.7 Å². The molecular weight excluding hydrogens is 182 g/mol. The number of methoxy groups -OCH3 is 1. The smallest absolute Gasteiger partial charge is 0.322 e. The predicted molar refractivity (Wildman–Crippen MR) is 51.7 cm³/mol. The zero-order valence-corrected chi connectivity index (χ0v) is 8.69. The SMILES string of the molecule is COC(=O)C(C)N(C)Cc1ccco1. The molecule has 0 spiro atoms. The molecule has 0 saturated heterocycles. The first-order chi connectivity index (χ1) is 6.65. The largest absolute Gasteiger partial charge is 0.468 e. The van der Waals surface area contributed by atoms with E-state index in [-0.39, 0.29) is 12.0 Å². The highest BCUT2D eigenvalue weighted by Crippen LogP contribution is 2.07. The molecule has 4 nitrogen and oxygen atoms in total. The molecule has 1 aromatic heterocycles. The molecule has 0 aromatic carbocycles. The van der Waals surface area contributed by atoms with Gasteiger partial charge in [-0.1, -0.05) is 0 Å². The van der Waals surface area contributed by atoms with E-state index in [1.54, 1.807) is 13.2 Å². The maximum Gasteiger partial charge on any atom is 0.322 e. The molecule has 0 aliphatic carbocycles. The van der Waals surface area contributed by atoms with Crippen molar-refractivity contribution in [3.63, 3.8) is 0 Å². The molecule has 0 saturated carbocycles. The first-order valence-electron chi connectivity index (χ1n) is 4.45. The number of hydrogen-bond donors (Lipinski definition) is 0. The standard InChI is InChI=1S/C10H15NO3/c1-8(10(12)13-3)11(2)7-9-5-4-6-14-9/h4-6,8H,7H2,1-3H3. The van der Waals surface area contributed by atoms with Gasteiger partial charge in [-0.3, -0.25) is 9.69 Å². The van der Waals surface area contributed by atoms with E-state index >= 15 is 0 Å². The Balaban J connectivity index is 2.49. The van der Waals surface area contributed by atoms with E-state index in [4.69, 9.17) is 4.42 Å². The summed E-state index contributed by atoms with van der Waals surface area (Å²) < 4.78 is 9.82. The summed E-state index contributed by atoms with van der Waals surface area (Å²) in [4.78, 5) is 13.1. The van der Waals surface area contributed by atoms with Crippen LogP contribution in [0.1, 0.15) is 12.7 Å². The van der Waals surface area contributed by atoms with Crippen LogP contribution >= 0.6 is 0 Å². The zero-order chi connectivity index (χ0) is 10.6. The Labute approximate surface area is 83.5 Å². The number of nitrogens with zero attached hydrogens (tertiary/aromatic N) is 1. The first-order valence-corrected chi connectivity index (χ1v) is 4.45. The van der Waals surface area contributed by atoms with Gasteiger partial charge < -0.3 is 9.15 Å². The van der Waals surface area contributed by atoms with E-state index in [2.05, 4.69) is 4.74 Å². The summed E-state index contributed by atoms with van der Waals surface area (Å²) in [5, 5.41) is 0. The Morgan fingerprint density at radius 2 is 2.43 bits per heavy atom. The van der Waals surface area contributed by atoms with E-state index in [9.17, 15) is 4.79 Å². The zero-order valence-electron chi connectivity index (χ0n) is 8.69. The van der Waals surface area contributed by atoms with Gasteiger partial charge in [0.05, 0.1) is 19.9 Å². The van der Waals surface area contributed by atoms with Crippen molar-refractivity contribution >= 4 is 5.97 Å². The third-order valence-electron chi connectivity index (χ3n) is 2.19. The average Bonchev–Trinajstić information content (AvgIpc) is 2.68. The summed E-state index contributed by atoms with van der Waals surface area (Å²) in [7, 11) is 3.24. The van der Waals surface area contributed by atoms with Gasteiger partial charge in [0.15, 0.2) is 0 Å². The number of likely N-dealkylation sites (N-methyl/N-ethyl adjacent to an activating group) is 1. The van der Waals surface area contributed by atoms with Gasteiger partial charge in [0.2, 0.25) is 0 Å². The number of carbonyl (C=O) groups is 1. The molecule has 0 amide bonds. The van der Waals surface area contributed by atoms with Gasteiger partial charge in [0, 0.05) is 0 Å². The quantitative estimate of drug-likeness (QED) is 0.682. The van der Waals surface area contributed by atoms with E-state index in [1.807, 2.05) is 24.1 Å². The molecule has 14 heavy (non-hydrogen) atoms. The fourth-order valence-corrected chi connectivity index (χ4v) is 1.14. The van der Waals surface area contributed by atoms with Crippen LogP contribution in [0.25, 0.3) is 0 Å². The van der Waals surface area contributed by atoms with Crippen LogP contribution in [-0.2, 0) is 16.1 Å². The van der Waals surface area contributed by atoms with E-state index in [1.165, 1.54) is 7.11 Å². The molecule has 1 atom stereocenters. The van der Waals surface area contributed by atoms with Crippen LogP contribution in [0.4, 0.5) is 0 Å². The molecule has 0 N–H and O–H groups in total. The monoisotopic (exact) mass is 197 g/mol. The minimum Gasteiger partial charge on any atom is -0.468 e. The second-order valence-corrected chi connectivity index (χ2v) is 3.19. The van der Waals surface area contributed by atoms with Gasteiger partial charge in [0.1, 0.15) is 11.8 Å². The second-order valence-electron chi connectivity index (χ2n) is 3.19. The lowest BCUT2D eigenvalue weighted by atomic mass is 10.3. The molecule has 1 heterocycles. The third kappa shape index (κ3) is 2.60. The van der Waals surface area contributed by atoms with Crippen molar-refractivity contribution in [1.29, 1.82) is 0 Å². The molecule has 0 bridgehead atoms. The number of rotatable bonds is 4. The molecule has 0 aliphatic rings. The fraction of sp³-hybridized carbons (Fsp3) is 0.500. The highest BCUT2D eigenvalue weighted by atomic mass is 16.5. The number of furan rings is 1. The van der Waals surface area contributed by atoms with Crippen LogP contribution in [0.5, 0.6) is 0 Å². The highest BCUT2D eigenvalue weighted by molar-refractivity contribution is 5.75. The Kier molecular flexibility index (Phi) is 3.71. The highest BCUT2D eigenvalue weighted by Gasteiger charge is 2.18. The Morgan fingerprint density at radius 1 is 1.71 bits per heavy atom. The van der Waals surface area contributed by atoms with Crippen molar-refractivity contribution in [2.45, 2.75) is 19.5 Å². The molecule has 0 aliphatic heterocycles. The average molecular weight is 197 g/mol. The van der Waals surface area contributed by atoms with Crippen molar-refractivity contribution in [3.8, 4) is 0 Å². The van der Waals surface area contributed by atoms with Crippen molar-refractivity contribution in [3.05, 3.63) is 24.2 Å². The summed E-state index contributed by atoms with van der Waals surface area (Å²) in [6.07, 6.45) is 1.62. The minimum absolute atomic E-state index is 0.237.